The molecular weight excluding hydrogens is 234 g/mol. The maximum Gasteiger partial charge on any atom is 0.329 e. The van der Waals surface area contributed by atoms with Crippen LogP contribution in [-0.4, -0.2) is 39.0 Å². The van der Waals surface area contributed by atoms with E-state index in [0.29, 0.717) is 0 Å². The van der Waals surface area contributed by atoms with Crippen molar-refractivity contribution in [1.29, 1.82) is 0 Å². The topological polar surface area (TPSA) is 96.5 Å². The Morgan fingerprint density at radius 1 is 1.50 bits per heavy atom. The lowest BCUT2D eigenvalue weighted by atomic mass is 10.0. The Bertz CT molecular complexity index is 471. The third-order valence-electron chi connectivity index (χ3n) is 2.80. The zero-order chi connectivity index (χ0) is 13.9. The van der Waals surface area contributed by atoms with E-state index in [4.69, 9.17) is 10.8 Å². The molecule has 1 heterocycles. The second-order valence-corrected chi connectivity index (χ2v) is 4.35. The average Bonchev–Trinajstić information content (AvgIpc) is 2.29. The minimum Gasteiger partial charge on any atom is -0.480 e. The molecule has 0 spiro atoms. The van der Waals surface area contributed by atoms with Crippen LogP contribution in [0.5, 0.6) is 0 Å². The van der Waals surface area contributed by atoms with Crippen LogP contribution < -0.4 is 5.73 Å². The molecule has 0 saturated carbocycles. The first kappa shape index (κ1) is 14.0. The van der Waals surface area contributed by atoms with Crippen LogP contribution in [0.15, 0.2) is 18.3 Å². The van der Waals surface area contributed by atoms with E-state index in [0.717, 1.165) is 0 Å². The molecule has 0 radical (unpaired) electrons. The molecule has 1 rings (SSSR count). The monoisotopic (exact) mass is 251 g/mol. The van der Waals surface area contributed by atoms with Gasteiger partial charge in [0.05, 0.1) is 5.69 Å². The predicted molar refractivity (Wildman–Crippen MR) is 67.1 cm³/mol. The lowest BCUT2D eigenvalue weighted by Gasteiger charge is -2.34. The van der Waals surface area contributed by atoms with Crippen LogP contribution in [0, 0.1) is 0 Å². The quantitative estimate of drug-likeness (QED) is 0.831. The highest BCUT2D eigenvalue weighted by atomic mass is 16.4. The van der Waals surface area contributed by atoms with Crippen molar-refractivity contribution in [2.75, 3.05) is 12.3 Å². The number of carboxylic acids is 1. The Labute approximate surface area is 105 Å². The molecule has 0 aromatic carbocycles. The summed E-state index contributed by atoms with van der Waals surface area (Å²) in [5.41, 5.74) is 4.68. The summed E-state index contributed by atoms with van der Waals surface area (Å²) in [6.45, 7) is 4.90. The smallest absolute Gasteiger partial charge is 0.329 e. The van der Waals surface area contributed by atoms with Crippen molar-refractivity contribution in [3.63, 3.8) is 0 Å². The minimum absolute atomic E-state index is 0.0775. The Balaban J connectivity index is 3.16. The van der Waals surface area contributed by atoms with Crippen molar-refractivity contribution in [2.45, 2.75) is 26.3 Å². The normalized spacial score (nSPS) is 11.1. The largest absolute Gasteiger partial charge is 0.480 e. The molecule has 0 fully saturated rings. The number of amides is 1. The summed E-state index contributed by atoms with van der Waals surface area (Å²) in [6, 6.07) is 3.17. The molecule has 0 atom stereocenters. The van der Waals surface area contributed by atoms with Crippen LogP contribution in [0.1, 0.15) is 31.3 Å². The number of carbonyl (C=O) groups excluding carboxylic acids is 1. The van der Waals surface area contributed by atoms with Crippen LogP contribution in [0.25, 0.3) is 0 Å². The lowest BCUT2D eigenvalue weighted by molar-refractivity contribution is -0.147. The van der Waals surface area contributed by atoms with Crippen molar-refractivity contribution in [3.05, 3.63) is 24.0 Å². The highest BCUT2D eigenvalue weighted by Gasteiger charge is 2.38. The lowest BCUT2D eigenvalue weighted by Crippen LogP contribution is -2.53. The first-order valence-corrected chi connectivity index (χ1v) is 5.58. The number of carbonyl (C=O) groups is 2. The standard InChI is InChI=1S/C12H17N3O3/c1-4-15(12(2,3)11(17)18)10(16)9-8(13)6-5-7-14-9/h5-7H,4,13H2,1-3H3,(H,17,18). The number of nitrogens with zero attached hydrogens (tertiary/aromatic N) is 2. The number of likely N-dealkylation sites (N-methyl/N-ethyl adjacent to an activating group) is 1. The predicted octanol–water partition coefficient (Wildman–Crippen LogP) is 0.989. The van der Waals surface area contributed by atoms with Gasteiger partial charge in [0.15, 0.2) is 5.69 Å². The molecule has 1 aromatic heterocycles. The van der Waals surface area contributed by atoms with E-state index < -0.39 is 17.4 Å². The van der Waals surface area contributed by atoms with Crippen LogP contribution in [-0.2, 0) is 4.79 Å². The van der Waals surface area contributed by atoms with Crippen molar-refractivity contribution in [1.82, 2.24) is 9.88 Å². The molecule has 0 aliphatic heterocycles. The van der Waals surface area contributed by atoms with Gasteiger partial charge in [-0.25, -0.2) is 9.78 Å². The van der Waals surface area contributed by atoms with Gasteiger partial charge in [-0.05, 0) is 32.9 Å². The molecule has 0 saturated heterocycles. The molecule has 1 amide bonds. The molecular formula is C12H17N3O3. The van der Waals surface area contributed by atoms with Gasteiger partial charge in [-0.1, -0.05) is 0 Å². The van der Waals surface area contributed by atoms with Gasteiger partial charge in [0.1, 0.15) is 5.54 Å². The molecule has 1 aromatic rings. The molecule has 98 valence electrons. The van der Waals surface area contributed by atoms with E-state index >= 15 is 0 Å². The fourth-order valence-electron chi connectivity index (χ4n) is 1.63. The number of hydrogen-bond acceptors (Lipinski definition) is 4. The molecule has 6 heteroatoms. The van der Waals surface area contributed by atoms with E-state index in [2.05, 4.69) is 4.98 Å². The van der Waals surface area contributed by atoms with Gasteiger partial charge in [0.2, 0.25) is 0 Å². The third kappa shape index (κ3) is 2.42. The van der Waals surface area contributed by atoms with E-state index in [9.17, 15) is 9.59 Å². The molecule has 0 aliphatic rings. The molecule has 0 unspecified atom stereocenters. The highest BCUT2D eigenvalue weighted by Crippen LogP contribution is 2.19. The summed E-state index contributed by atoms with van der Waals surface area (Å²) < 4.78 is 0. The summed E-state index contributed by atoms with van der Waals surface area (Å²) in [6.07, 6.45) is 1.45. The van der Waals surface area contributed by atoms with Crippen molar-refractivity contribution in [2.24, 2.45) is 0 Å². The molecule has 0 bridgehead atoms. The van der Waals surface area contributed by atoms with Crippen LogP contribution >= 0.6 is 0 Å². The Hall–Kier alpha value is -2.11. The summed E-state index contributed by atoms with van der Waals surface area (Å²) in [5, 5.41) is 9.16. The molecule has 0 aliphatic carbocycles. The third-order valence-corrected chi connectivity index (χ3v) is 2.80. The second-order valence-electron chi connectivity index (χ2n) is 4.35. The summed E-state index contributed by atoms with van der Waals surface area (Å²) in [5.74, 6) is -1.56. The Morgan fingerprint density at radius 2 is 2.11 bits per heavy atom. The number of nitrogens with two attached hydrogens (primary N) is 1. The number of nitrogen functional groups attached to an aromatic ring is 1. The second kappa shape index (κ2) is 5.03. The maximum absolute atomic E-state index is 12.3. The molecule has 6 nitrogen and oxygen atoms in total. The Kier molecular flexibility index (Phi) is 3.90. The van der Waals surface area contributed by atoms with Gasteiger partial charge in [0.25, 0.3) is 5.91 Å². The first-order chi connectivity index (χ1) is 8.32. The van der Waals surface area contributed by atoms with E-state index in [1.165, 1.54) is 24.9 Å². The van der Waals surface area contributed by atoms with Gasteiger partial charge in [-0.3, -0.25) is 4.79 Å². The highest BCUT2D eigenvalue weighted by molar-refractivity contribution is 5.99. The maximum atomic E-state index is 12.3. The summed E-state index contributed by atoms with van der Waals surface area (Å²) in [7, 11) is 0. The fourth-order valence-corrected chi connectivity index (χ4v) is 1.63. The van der Waals surface area contributed by atoms with E-state index in [-0.39, 0.29) is 17.9 Å². The molecule has 3 N–H and O–H groups in total. The van der Waals surface area contributed by atoms with Crippen molar-refractivity contribution < 1.29 is 14.7 Å². The van der Waals surface area contributed by atoms with Gasteiger partial charge in [-0.15, -0.1) is 0 Å². The summed E-state index contributed by atoms with van der Waals surface area (Å²) >= 11 is 0. The SMILES string of the molecule is CCN(C(=O)c1ncccc1N)C(C)(C)C(=O)O. The first-order valence-electron chi connectivity index (χ1n) is 5.58. The van der Waals surface area contributed by atoms with Crippen LogP contribution in [0.4, 0.5) is 5.69 Å². The number of pyridine rings is 1. The number of anilines is 1. The average molecular weight is 251 g/mol. The van der Waals surface area contributed by atoms with E-state index in [1.807, 2.05) is 0 Å². The van der Waals surface area contributed by atoms with Gasteiger partial charge < -0.3 is 15.7 Å². The van der Waals surface area contributed by atoms with E-state index in [1.54, 1.807) is 19.1 Å². The van der Waals surface area contributed by atoms with Gasteiger partial charge in [-0.2, -0.15) is 0 Å². The van der Waals surface area contributed by atoms with Crippen molar-refractivity contribution >= 4 is 17.6 Å². The van der Waals surface area contributed by atoms with Crippen molar-refractivity contribution in [3.8, 4) is 0 Å². The van der Waals surface area contributed by atoms with Crippen LogP contribution in [0.2, 0.25) is 0 Å². The number of aliphatic carboxylic acids is 1. The number of rotatable bonds is 4. The zero-order valence-corrected chi connectivity index (χ0v) is 10.7. The number of hydrogen-bond donors (Lipinski definition) is 2. The Morgan fingerprint density at radius 3 is 2.56 bits per heavy atom. The summed E-state index contributed by atoms with van der Waals surface area (Å²) in [4.78, 5) is 28.6. The van der Waals surface area contributed by atoms with Gasteiger partial charge >= 0.3 is 5.97 Å². The zero-order valence-electron chi connectivity index (χ0n) is 10.7. The number of carboxylic acid groups (broad SMARTS) is 1. The number of aromatic nitrogens is 1. The van der Waals surface area contributed by atoms with Gasteiger partial charge in [0, 0.05) is 12.7 Å². The minimum atomic E-state index is -1.31. The molecule has 18 heavy (non-hydrogen) atoms. The fraction of sp³-hybridized carbons (Fsp3) is 0.417. The van der Waals surface area contributed by atoms with Crippen LogP contribution in [0.3, 0.4) is 0 Å².